The predicted molar refractivity (Wildman–Crippen MR) is 118 cm³/mol. The highest BCUT2D eigenvalue weighted by Crippen LogP contribution is 2.60. The van der Waals surface area contributed by atoms with Crippen LogP contribution < -0.4 is 11.1 Å². The van der Waals surface area contributed by atoms with E-state index in [1.807, 2.05) is 0 Å². The lowest BCUT2D eigenvalue weighted by atomic mass is 9.47. The van der Waals surface area contributed by atoms with Gasteiger partial charge in [-0.3, -0.25) is 9.59 Å². The molecule has 7 nitrogen and oxygen atoms in total. The number of carbonyl (C=O) groups excluding carboxylic acids is 2. The van der Waals surface area contributed by atoms with Crippen molar-refractivity contribution in [3.63, 3.8) is 0 Å². The topological polar surface area (TPSA) is 110 Å². The minimum Gasteiger partial charge on any atom is -0.369 e. The second kappa shape index (κ2) is 7.46. The smallest absolute Gasteiger partial charge is 0.243 e. The van der Waals surface area contributed by atoms with Crippen LogP contribution in [0.3, 0.4) is 0 Å². The Morgan fingerprint density at radius 2 is 1.81 bits per heavy atom. The van der Waals surface area contributed by atoms with E-state index in [9.17, 15) is 18.0 Å². The highest BCUT2D eigenvalue weighted by Gasteiger charge is 2.58. The van der Waals surface area contributed by atoms with Crippen LogP contribution in [0.1, 0.15) is 46.0 Å². The highest BCUT2D eigenvalue weighted by molar-refractivity contribution is 7.89. The van der Waals surface area contributed by atoms with Gasteiger partial charge in [-0.1, -0.05) is 17.7 Å². The molecule has 0 heterocycles. The van der Waals surface area contributed by atoms with Gasteiger partial charge in [0.25, 0.3) is 0 Å². The molecule has 1 aromatic rings. The molecular weight excluding hydrogens is 438 g/mol. The van der Waals surface area contributed by atoms with Gasteiger partial charge in [0.15, 0.2) is 0 Å². The molecule has 2 unspecified atom stereocenters. The fraction of sp³-hybridized carbons (Fsp3) is 0.636. The Bertz CT molecular complexity index is 1010. The normalized spacial score (nSPS) is 32.3. The first-order valence-electron chi connectivity index (χ1n) is 10.7. The third kappa shape index (κ3) is 3.66. The van der Waals surface area contributed by atoms with E-state index < -0.39 is 21.0 Å². The van der Waals surface area contributed by atoms with Crippen molar-refractivity contribution in [1.82, 2.24) is 9.62 Å². The SMILES string of the molecule is CN(C(C)(C)C(=O)NC1C2CC3CC1CC(C(N)=O)(C3)C2)S(=O)(=O)c1cccc(Cl)c1. The molecular formula is C22H30ClN3O4S. The number of carbonyl (C=O) groups is 2. The first-order valence-corrected chi connectivity index (χ1v) is 12.5. The van der Waals surface area contributed by atoms with Crippen LogP contribution in [0.2, 0.25) is 5.02 Å². The average molecular weight is 468 g/mol. The van der Waals surface area contributed by atoms with Crippen LogP contribution in [0.15, 0.2) is 29.2 Å². The molecule has 0 saturated heterocycles. The summed E-state index contributed by atoms with van der Waals surface area (Å²) in [6.45, 7) is 3.21. The van der Waals surface area contributed by atoms with E-state index in [0.717, 1.165) is 23.6 Å². The molecule has 2 atom stereocenters. The minimum absolute atomic E-state index is 0.0430. The van der Waals surface area contributed by atoms with Gasteiger partial charge in [0.2, 0.25) is 21.8 Å². The van der Waals surface area contributed by atoms with E-state index in [2.05, 4.69) is 5.32 Å². The minimum atomic E-state index is -3.92. The first kappa shape index (κ1) is 22.6. The summed E-state index contributed by atoms with van der Waals surface area (Å²) in [5, 5.41) is 3.46. The summed E-state index contributed by atoms with van der Waals surface area (Å²) >= 11 is 5.97. The summed E-state index contributed by atoms with van der Waals surface area (Å²) in [6.07, 6.45) is 4.23. The summed E-state index contributed by atoms with van der Waals surface area (Å²) in [5.74, 6) is 0.328. The number of hydrogen-bond donors (Lipinski definition) is 2. The largest absolute Gasteiger partial charge is 0.369 e. The molecule has 0 aromatic heterocycles. The number of halogens is 1. The lowest BCUT2D eigenvalue weighted by Crippen LogP contribution is -2.65. The maximum Gasteiger partial charge on any atom is 0.243 e. The number of amides is 2. The molecule has 4 fully saturated rings. The summed E-state index contributed by atoms with van der Waals surface area (Å²) in [5.41, 5.74) is 4.01. The Kier molecular flexibility index (Phi) is 5.42. The molecule has 1 aromatic carbocycles. The zero-order valence-electron chi connectivity index (χ0n) is 18.1. The fourth-order valence-corrected chi connectivity index (χ4v) is 7.90. The molecule has 5 rings (SSSR count). The summed E-state index contributed by atoms with van der Waals surface area (Å²) in [6, 6.07) is 5.95. The molecule has 4 aliphatic rings. The Balaban J connectivity index is 1.52. The van der Waals surface area contributed by atoms with Crippen molar-refractivity contribution in [2.45, 2.75) is 62.4 Å². The fourth-order valence-electron chi connectivity index (χ4n) is 6.12. The average Bonchev–Trinajstić information content (AvgIpc) is 2.69. The van der Waals surface area contributed by atoms with Gasteiger partial charge in [-0.05, 0) is 81.9 Å². The van der Waals surface area contributed by atoms with Gasteiger partial charge in [-0.2, -0.15) is 4.31 Å². The van der Waals surface area contributed by atoms with E-state index in [0.29, 0.717) is 23.8 Å². The quantitative estimate of drug-likeness (QED) is 0.669. The summed E-state index contributed by atoms with van der Waals surface area (Å²) < 4.78 is 27.4. The van der Waals surface area contributed by atoms with Crippen LogP contribution in [0.25, 0.3) is 0 Å². The van der Waals surface area contributed by atoms with Crippen molar-refractivity contribution in [2.75, 3.05) is 7.05 Å². The summed E-state index contributed by atoms with van der Waals surface area (Å²) in [7, 11) is -2.51. The van der Waals surface area contributed by atoms with Gasteiger partial charge < -0.3 is 11.1 Å². The number of likely N-dealkylation sites (N-methyl/N-ethyl adjacent to an activating group) is 1. The van der Waals surface area contributed by atoms with E-state index in [1.54, 1.807) is 26.0 Å². The van der Waals surface area contributed by atoms with Crippen LogP contribution in [0.4, 0.5) is 0 Å². The molecule has 0 spiro atoms. The number of sulfonamides is 1. The van der Waals surface area contributed by atoms with Crippen molar-refractivity contribution in [3.8, 4) is 0 Å². The lowest BCUT2D eigenvalue weighted by Gasteiger charge is -2.59. The van der Waals surface area contributed by atoms with Crippen molar-refractivity contribution < 1.29 is 18.0 Å². The third-order valence-electron chi connectivity index (χ3n) is 7.89. The van der Waals surface area contributed by atoms with Gasteiger partial charge in [-0.15, -0.1) is 0 Å². The number of primary amides is 1. The molecule has 2 amide bonds. The molecule has 3 N–H and O–H groups in total. The maximum absolute atomic E-state index is 13.3. The van der Waals surface area contributed by atoms with Gasteiger partial charge in [0.05, 0.1) is 4.90 Å². The molecule has 4 bridgehead atoms. The second-order valence-corrected chi connectivity index (χ2v) is 12.5. The number of nitrogens with two attached hydrogens (primary N) is 1. The molecule has 4 saturated carbocycles. The van der Waals surface area contributed by atoms with Gasteiger partial charge >= 0.3 is 0 Å². The van der Waals surface area contributed by atoms with Crippen LogP contribution in [0.5, 0.6) is 0 Å². The molecule has 4 aliphatic carbocycles. The zero-order chi connectivity index (χ0) is 22.8. The molecule has 0 aliphatic heterocycles. The van der Waals surface area contributed by atoms with E-state index >= 15 is 0 Å². The number of nitrogens with one attached hydrogen (secondary N) is 1. The zero-order valence-corrected chi connectivity index (χ0v) is 19.7. The third-order valence-corrected chi connectivity index (χ3v) is 10.2. The van der Waals surface area contributed by atoms with Crippen LogP contribution >= 0.6 is 11.6 Å². The number of rotatable bonds is 6. The standard InChI is InChI=1S/C22H30ClN3O4S/c1-21(2,26(3)31(29,30)17-6-4-5-16(23)9-17)20(28)25-18-14-7-13-8-15(18)12-22(10-13,11-14)19(24)27/h4-6,9,13-15,18H,7-8,10-12H2,1-3H3,(H2,24,27)(H,25,28). The Morgan fingerprint density at radius 1 is 1.19 bits per heavy atom. The first-order chi connectivity index (χ1) is 14.4. The van der Waals surface area contributed by atoms with E-state index in [4.69, 9.17) is 17.3 Å². The van der Waals surface area contributed by atoms with E-state index in [1.165, 1.54) is 19.2 Å². The monoisotopic (exact) mass is 467 g/mol. The molecule has 0 radical (unpaired) electrons. The van der Waals surface area contributed by atoms with Crippen molar-refractivity contribution >= 4 is 33.4 Å². The molecule has 170 valence electrons. The van der Waals surface area contributed by atoms with Crippen LogP contribution in [-0.2, 0) is 19.6 Å². The molecule has 9 heteroatoms. The van der Waals surface area contributed by atoms with Gasteiger partial charge in [0.1, 0.15) is 5.54 Å². The second-order valence-electron chi connectivity index (χ2n) is 10.1. The van der Waals surface area contributed by atoms with Gasteiger partial charge in [0, 0.05) is 23.5 Å². The van der Waals surface area contributed by atoms with Crippen molar-refractivity contribution in [2.24, 2.45) is 28.9 Å². The summed E-state index contributed by atoms with van der Waals surface area (Å²) in [4.78, 5) is 25.5. The van der Waals surface area contributed by atoms with Gasteiger partial charge in [-0.25, -0.2) is 8.42 Å². The maximum atomic E-state index is 13.3. The number of hydrogen-bond acceptors (Lipinski definition) is 4. The Morgan fingerprint density at radius 3 is 2.35 bits per heavy atom. The van der Waals surface area contributed by atoms with Crippen LogP contribution in [-0.4, -0.2) is 43.2 Å². The van der Waals surface area contributed by atoms with Crippen LogP contribution in [0, 0.1) is 23.2 Å². The highest BCUT2D eigenvalue weighted by atomic mass is 35.5. The predicted octanol–water partition coefficient (Wildman–Crippen LogP) is 2.54. The van der Waals surface area contributed by atoms with Crippen molar-refractivity contribution in [1.29, 1.82) is 0 Å². The Hall–Kier alpha value is -1.64. The van der Waals surface area contributed by atoms with Crippen molar-refractivity contribution in [3.05, 3.63) is 29.3 Å². The van der Waals surface area contributed by atoms with E-state index in [-0.39, 0.29) is 34.6 Å². The number of nitrogens with zero attached hydrogens (tertiary/aromatic N) is 1. The number of benzene rings is 1. The lowest BCUT2D eigenvalue weighted by molar-refractivity contribution is -0.148. The Labute approximate surface area is 188 Å². The molecule has 31 heavy (non-hydrogen) atoms.